The van der Waals surface area contributed by atoms with Crippen molar-refractivity contribution in [3.8, 4) is 11.8 Å². The van der Waals surface area contributed by atoms with E-state index < -0.39 is 5.82 Å². The van der Waals surface area contributed by atoms with Crippen molar-refractivity contribution in [2.75, 3.05) is 13.1 Å². The Bertz CT molecular complexity index is 553. The van der Waals surface area contributed by atoms with Crippen molar-refractivity contribution >= 4 is 5.91 Å². The molecule has 1 aliphatic rings. The van der Waals surface area contributed by atoms with Crippen LogP contribution >= 0.6 is 0 Å². The first-order valence-corrected chi connectivity index (χ1v) is 6.31. The smallest absolute Gasteiger partial charge is 0.252 e. The van der Waals surface area contributed by atoms with Crippen LogP contribution < -0.4 is 11.1 Å². The first kappa shape index (κ1) is 13.6. The molecule has 1 amide bonds. The Balaban J connectivity index is 2.15. The highest BCUT2D eigenvalue weighted by Crippen LogP contribution is 2.44. The van der Waals surface area contributed by atoms with E-state index in [0.717, 1.165) is 12.8 Å². The molecule has 100 valence electrons. The zero-order chi connectivity index (χ0) is 13.9. The highest BCUT2D eigenvalue weighted by atomic mass is 19.1. The quantitative estimate of drug-likeness (QED) is 0.812. The molecule has 1 saturated carbocycles. The molecular weight excluding hydrogens is 243 g/mol. The molecule has 0 radical (unpaired) electrons. The molecule has 1 aliphatic carbocycles. The van der Waals surface area contributed by atoms with E-state index in [1.54, 1.807) is 0 Å². The summed E-state index contributed by atoms with van der Waals surface area (Å²) in [7, 11) is 0. The molecule has 3 N–H and O–H groups in total. The number of hydrogen-bond acceptors (Lipinski definition) is 2. The number of amides is 1. The van der Waals surface area contributed by atoms with Gasteiger partial charge in [-0.3, -0.25) is 4.79 Å². The van der Waals surface area contributed by atoms with Crippen LogP contribution in [-0.2, 0) is 0 Å². The lowest BCUT2D eigenvalue weighted by Crippen LogP contribution is -2.29. The van der Waals surface area contributed by atoms with Gasteiger partial charge in [-0.25, -0.2) is 4.39 Å². The molecular formula is C15H17FN2O. The maximum atomic E-state index is 13.2. The van der Waals surface area contributed by atoms with Gasteiger partial charge in [0.25, 0.3) is 5.91 Å². The maximum absolute atomic E-state index is 13.2. The molecule has 0 aromatic heterocycles. The van der Waals surface area contributed by atoms with Gasteiger partial charge in [0.1, 0.15) is 5.82 Å². The zero-order valence-electron chi connectivity index (χ0n) is 10.9. The Morgan fingerprint density at radius 3 is 2.89 bits per heavy atom. The molecule has 0 heterocycles. The topological polar surface area (TPSA) is 55.1 Å². The Hall–Kier alpha value is -1.86. The van der Waals surface area contributed by atoms with Crippen molar-refractivity contribution in [1.29, 1.82) is 0 Å². The number of carbonyl (C=O) groups is 1. The van der Waals surface area contributed by atoms with E-state index >= 15 is 0 Å². The lowest BCUT2D eigenvalue weighted by Gasteiger charge is -2.11. The van der Waals surface area contributed by atoms with Crippen LogP contribution in [0.5, 0.6) is 0 Å². The van der Waals surface area contributed by atoms with Crippen LogP contribution in [0.4, 0.5) is 4.39 Å². The highest BCUT2D eigenvalue weighted by Gasteiger charge is 2.37. The van der Waals surface area contributed by atoms with E-state index in [-0.39, 0.29) is 17.9 Å². The number of nitrogens with one attached hydrogen (secondary N) is 1. The van der Waals surface area contributed by atoms with Crippen LogP contribution in [0.1, 0.15) is 35.7 Å². The average molecular weight is 260 g/mol. The molecule has 0 unspecified atom stereocenters. The number of hydrogen-bond donors (Lipinski definition) is 2. The number of halogens is 1. The Morgan fingerprint density at radius 2 is 2.26 bits per heavy atom. The molecule has 19 heavy (non-hydrogen) atoms. The third-order valence-corrected chi connectivity index (χ3v) is 3.33. The van der Waals surface area contributed by atoms with E-state index in [2.05, 4.69) is 24.1 Å². The van der Waals surface area contributed by atoms with E-state index in [9.17, 15) is 9.18 Å². The molecule has 3 nitrogen and oxygen atoms in total. The molecule has 0 spiro atoms. The van der Waals surface area contributed by atoms with Crippen molar-refractivity contribution in [2.24, 2.45) is 11.1 Å². The molecule has 0 atom stereocenters. The fourth-order valence-corrected chi connectivity index (χ4v) is 1.74. The van der Waals surface area contributed by atoms with Crippen LogP contribution in [0.3, 0.4) is 0 Å². The third kappa shape index (κ3) is 3.55. The maximum Gasteiger partial charge on any atom is 0.252 e. The summed E-state index contributed by atoms with van der Waals surface area (Å²) in [5.74, 6) is 4.75. The standard InChI is InChI=1S/C15H17FN2O/c1-15(6-7-15)10-18-14(19)13-5-4-12(16)9-11(13)3-2-8-17/h4-5,9H,6-8,10,17H2,1H3,(H,18,19). The van der Waals surface area contributed by atoms with Crippen LogP contribution in [0.2, 0.25) is 0 Å². The monoisotopic (exact) mass is 260 g/mol. The van der Waals surface area contributed by atoms with E-state index in [1.165, 1.54) is 18.2 Å². The van der Waals surface area contributed by atoms with Crippen molar-refractivity contribution in [3.63, 3.8) is 0 Å². The minimum absolute atomic E-state index is 0.176. The highest BCUT2D eigenvalue weighted by molar-refractivity contribution is 5.96. The van der Waals surface area contributed by atoms with Gasteiger partial charge in [0.2, 0.25) is 0 Å². The zero-order valence-corrected chi connectivity index (χ0v) is 10.9. The van der Waals surface area contributed by atoms with Gasteiger partial charge in [-0.05, 0) is 36.5 Å². The summed E-state index contributed by atoms with van der Waals surface area (Å²) in [4.78, 5) is 12.1. The predicted molar refractivity (Wildman–Crippen MR) is 72.0 cm³/mol. The van der Waals surface area contributed by atoms with Crippen molar-refractivity contribution in [3.05, 3.63) is 35.1 Å². The Morgan fingerprint density at radius 1 is 1.53 bits per heavy atom. The largest absolute Gasteiger partial charge is 0.351 e. The minimum atomic E-state index is -0.410. The molecule has 4 heteroatoms. The average Bonchev–Trinajstić information content (AvgIpc) is 3.12. The molecule has 0 saturated heterocycles. The molecule has 2 rings (SSSR count). The summed E-state index contributed by atoms with van der Waals surface area (Å²) in [5.41, 5.74) is 6.31. The fraction of sp³-hybridized carbons (Fsp3) is 0.400. The number of carbonyl (C=O) groups excluding carboxylic acids is 1. The van der Waals surface area contributed by atoms with E-state index in [0.29, 0.717) is 17.7 Å². The SMILES string of the molecule is CC1(CNC(=O)c2ccc(F)cc2C#CCN)CC1. The van der Waals surface area contributed by atoms with E-state index in [1.807, 2.05) is 0 Å². The van der Waals surface area contributed by atoms with Gasteiger partial charge in [0, 0.05) is 12.1 Å². The number of rotatable bonds is 3. The summed E-state index contributed by atoms with van der Waals surface area (Å²) >= 11 is 0. The second-order valence-corrected chi connectivity index (χ2v) is 5.19. The summed E-state index contributed by atoms with van der Waals surface area (Å²) in [6, 6.07) is 3.98. The Labute approximate surface area is 112 Å². The summed E-state index contributed by atoms with van der Waals surface area (Å²) < 4.78 is 13.2. The van der Waals surface area contributed by atoms with Crippen LogP contribution in [0.15, 0.2) is 18.2 Å². The van der Waals surface area contributed by atoms with Crippen LogP contribution in [0, 0.1) is 23.1 Å². The Kier molecular flexibility index (Phi) is 3.87. The summed E-state index contributed by atoms with van der Waals surface area (Å²) in [6.07, 6.45) is 2.27. The van der Waals surface area contributed by atoms with Crippen molar-refractivity contribution in [2.45, 2.75) is 19.8 Å². The third-order valence-electron chi connectivity index (χ3n) is 3.33. The van der Waals surface area contributed by atoms with Gasteiger partial charge in [0.15, 0.2) is 0 Å². The second kappa shape index (κ2) is 5.41. The van der Waals surface area contributed by atoms with Crippen molar-refractivity contribution < 1.29 is 9.18 Å². The van der Waals surface area contributed by atoms with Crippen LogP contribution in [-0.4, -0.2) is 19.0 Å². The normalized spacial score (nSPS) is 15.3. The number of benzene rings is 1. The summed E-state index contributed by atoms with van der Waals surface area (Å²) in [6.45, 7) is 2.95. The molecule has 0 bridgehead atoms. The van der Waals surface area contributed by atoms with Crippen LogP contribution in [0.25, 0.3) is 0 Å². The van der Waals surface area contributed by atoms with Gasteiger partial charge < -0.3 is 11.1 Å². The van der Waals surface area contributed by atoms with Crippen molar-refractivity contribution in [1.82, 2.24) is 5.32 Å². The first-order chi connectivity index (χ1) is 9.04. The van der Waals surface area contributed by atoms with Gasteiger partial charge in [0.05, 0.1) is 12.1 Å². The van der Waals surface area contributed by atoms with E-state index in [4.69, 9.17) is 5.73 Å². The number of nitrogens with two attached hydrogens (primary N) is 1. The molecule has 1 fully saturated rings. The molecule has 1 aromatic rings. The lowest BCUT2D eigenvalue weighted by atomic mass is 10.1. The lowest BCUT2D eigenvalue weighted by molar-refractivity contribution is 0.0946. The van der Waals surface area contributed by atoms with Gasteiger partial charge in [-0.1, -0.05) is 18.8 Å². The summed E-state index contributed by atoms with van der Waals surface area (Å²) in [5, 5.41) is 2.88. The van der Waals surface area contributed by atoms with Gasteiger partial charge in [-0.2, -0.15) is 0 Å². The first-order valence-electron chi connectivity index (χ1n) is 6.31. The predicted octanol–water partition coefficient (Wildman–Crippen LogP) is 1.67. The van der Waals surface area contributed by atoms with Gasteiger partial charge >= 0.3 is 0 Å². The molecule has 1 aromatic carbocycles. The minimum Gasteiger partial charge on any atom is -0.351 e. The molecule has 0 aliphatic heterocycles. The second-order valence-electron chi connectivity index (χ2n) is 5.19. The fourth-order valence-electron chi connectivity index (χ4n) is 1.74. The van der Waals surface area contributed by atoms with Gasteiger partial charge in [-0.15, -0.1) is 0 Å².